The van der Waals surface area contributed by atoms with Crippen LogP contribution < -0.4 is 15.2 Å². The van der Waals surface area contributed by atoms with Crippen molar-refractivity contribution in [2.75, 3.05) is 13.2 Å². The summed E-state index contributed by atoms with van der Waals surface area (Å²) in [6.07, 6.45) is 3.19. The zero-order valence-corrected chi connectivity index (χ0v) is 10.3. The van der Waals surface area contributed by atoms with Gasteiger partial charge in [0.25, 0.3) is 0 Å². The van der Waals surface area contributed by atoms with E-state index in [0.29, 0.717) is 29.7 Å². The van der Waals surface area contributed by atoms with E-state index < -0.39 is 0 Å². The molecule has 4 nitrogen and oxygen atoms in total. The summed E-state index contributed by atoms with van der Waals surface area (Å²) in [5.74, 6) is 1.34. The molecule has 0 amide bonds. The van der Waals surface area contributed by atoms with Crippen molar-refractivity contribution in [3.05, 3.63) is 46.9 Å². The van der Waals surface area contributed by atoms with Crippen LogP contribution in [0.3, 0.4) is 0 Å². The van der Waals surface area contributed by atoms with Gasteiger partial charge in [0.2, 0.25) is 0 Å². The van der Waals surface area contributed by atoms with Gasteiger partial charge in [0, 0.05) is 16.7 Å². The maximum atomic E-state index is 6.23. The lowest BCUT2D eigenvalue weighted by atomic mass is 10.0. The van der Waals surface area contributed by atoms with Crippen LogP contribution in [0.2, 0.25) is 5.02 Å². The van der Waals surface area contributed by atoms with Crippen LogP contribution in [0.15, 0.2) is 35.1 Å². The van der Waals surface area contributed by atoms with E-state index in [1.807, 2.05) is 12.1 Å². The molecular weight excluding hydrogens is 254 g/mol. The van der Waals surface area contributed by atoms with Gasteiger partial charge >= 0.3 is 0 Å². The van der Waals surface area contributed by atoms with Crippen molar-refractivity contribution < 1.29 is 13.9 Å². The van der Waals surface area contributed by atoms with Gasteiger partial charge in [-0.25, -0.2) is 0 Å². The number of halogens is 1. The molecule has 2 aromatic rings. The van der Waals surface area contributed by atoms with Crippen molar-refractivity contribution in [2.24, 2.45) is 5.73 Å². The second-order valence-corrected chi connectivity index (χ2v) is 4.46. The number of furan rings is 1. The van der Waals surface area contributed by atoms with Gasteiger partial charge in [-0.15, -0.1) is 0 Å². The third-order valence-corrected chi connectivity index (χ3v) is 3.23. The monoisotopic (exact) mass is 265 g/mol. The Hall–Kier alpha value is -1.65. The van der Waals surface area contributed by atoms with Crippen LogP contribution in [0.5, 0.6) is 11.5 Å². The highest BCUT2D eigenvalue weighted by molar-refractivity contribution is 6.31. The highest BCUT2D eigenvalue weighted by Gasteiger charge is 2.20. The molecule has 1 atom stereocenters. The Bertz CT molecular complexity index is 554. The SMILES string of the molecule is NC(c1ccoc1)c1cc2c(cc1Cl)OCCO2. The predicted octanol–water partition coefficient (Wildman–Crippen LogP) is 2.75. The first kappa shape index (κ1) is 11.4. The maximum absolute atomic E-state index is 6.23. The van der Waals surface area contributed by atoms with E-state index in [1.54, 1.807) is 18.6 Å². The van der Waals surface area contributed by atoms with Crippen molar-refractivity contribution in [1.29, 1.82) is 0 Å². The number of hydrogen-bond donors (Lipinski definition) is 1. The Kier molecular flexibility index (Phi) is 2.89. The number of nitrogens with two attached hydrogens (primary N) is 1. The fourth-order valence-corrected chi connectivity index (χ4v) is 2.22. The molecule has 94 valence electrons. The Balaban J connectivity index is 2.01. The number of rotatable bonds is 2. The summed E-state index contributed by atoms with van der Waals surface area (Å²) in [5.41, 5.74) is 7.82. The summed E-state index contributed by atoms with van der Waals surface area (Å²) in [5, 5.41) is 0.563. The Morgan fingerprint density at radius 1 is 1.17 bits per heavy atom. The molecule has 1 aliphatic rings. The molecule has 1 aromatic carbocycles. The van der Waals surface area contributed by atoms with Crippen LogP contribution in [0.25, 0.3) is 0 Å². The summed E-state index contributed by atoms with van der Waals surface area (Å²) in [7, 11) is 0. The van der Waals surface area contributed by atoms with Gasteiger partial charge in [-0.05, 0) is 17.7 Å². The van der Waals surface area contributed by atoms with Crippen LogP contribution >= 0.6 is 11.6 Å². The third kappa shape index (κ3) is 1.94. The van der Waals surface area contributed by atoms with Gasteiger partial charge in [0.1, 0.15) is 13.2 Å². The third-order valence-electron chi connectivity index (χ3n) is 2.90. The first-order chi connectivity index (χ1) is 8.75. The minimum Gasteiger partial charge on any atom is -0.486 e. The lowest BCUT2D eigenvalue weighted by Gasteiger charge is -2.21. The van der Waals surface area contributed by atoms with Gasteiger partial charge < -0.3 is 19.6 Å². The fraction of sp³-hybridized carbons (Fsp3) is 0.231. The smallest absolute Gasteiger partial charge is 0.162 e. The van der Waals surface area contributed by atoms with Crippen LogP contribution in [0.4, 0.5) is 0 Å². The maximum Gasteiger partial charge on any atom is 0.162 e. The molecule has 0 aliphatic carbocycles. The number of fused-ring (bicyclic) bond motifs is 1. The van der Waals surface area contributed by atoms with Crippen molar-refractivity contribution >= 4 is 11.6 Å². The van der Waals surface area contributed by atoms with Gasteiger partial charge in [-0.1, -0.05) is 11.6 Å². The average Bonchev–Trinajstić information content (AvgIpc) is 2.91. The topological polar surface area (TPSA) is 57.6 Å². The summed E-state index contributed by atoms with van der Waals surface area (Å²) < 4.78 is 16.0. The molecule has 1 aromatic heterocycles. The zero-order chi connectivity index (χ0) is 12.5. The van der Waals surface area contributed by atoms with Crippen LogP contribution in [0, 0.1) is 0 Å². The lowest BCUT2D eigenvalue weighted by molar-refractivity contribution is 0.171. The van der Waals surface area contributed by atoms with Gasteiger partial charge in [0.15, 0.2) is 11.5 Å². The molecule has 1 unspecified atom stereocenters. The molecule has 0 bridgehead atoms. The molecule has 0 saturated heterocycles. The quantitative estimate of drug-likeness (QED) is 0.907. The summed E-state index contributed by atoms with van der Waals surface area (Å²) >= 11 is 6.23. The molecule has 2 heterocycles. The second-order valence-electron chi connectivity index (χ2n) is 4.05. The first-order valence-electron chi connectivity index (χ1n) is 5.62. The minimum atomic E-state index is -0.341. The molecule has 0 fully saturated rings. The summed E-state index contributed by atoms with van der Waals surface area (Å²) in [4.78, 5) is 0. The van der Waals surface area contributed by atoms with Crippen molar-refractivity contribution in [3.8, 4) is 11.5 Å². The molecule has 0 radical (unpaired) electrons. The standard InChI is InChI=1S/C13H12ClNO3/c14-10-6-12-11(17-3-4-18-12)5-9(10)13(15)8-1-2-16-7-8/h1-2,5-7,13H,3-4,15H2. The van der Waals surface area contributed by atoms with Crippen molar-refractivity contribution in [1.82, 2.24) is 0 Å². The highest BCUT2D eigenvalue weighted by atomic mass is 35.5. The van der Waals surface area contributed by atoms with E-state index in [2.05, 4.69) is 0 Å². The zero-order valence-electron chi connectivity index (χ0n) is 9.56. The first-order valence-corrected chi connectivity index (χ1v) is 6.00. The Morgan fingerprint density at radius 2 is 1.89 bits per heavy atom. The highest BCUT2D eigenvalue weighted by Crippen LogP contribution is 2.38. The van der Waals surface area contributed by atoms with Crippen LogP contribution in [-0.4, -0.2) is 13.2 Å². The molecule has 5 heteroatoms. The molecule has 18 heavy (non-hydrogen) atoms. The van der Waals surface area contributed by atoms with Gasteiger partial charge in [-0.3, -0.25) is 0 Å². The van der Waals surface area contributed by atoms with Gasteiger partial charge in [0.05, 0.1) is 18.6 Å². The van der Waals surface area contributed by atoms with E-state index in [4.69, 9.17) is 31.2 Å². The molecule has 0 spiro atoms. The van der Waals surface area contributed by atoms with Crippen LogP contribution in [-0.2, 0) is 0 Å². The van der Waals surface area contributed by atoms with Crippen molar-refractivity contribution in [2.45, 2.75) is 6.04 Å². The average molecular weight is 266 g/mol. The number of ether oxygens (including phenoxy) is 2. The van der Waals surface area contributed by atoms with E-state index in [0.717, 1.165) is 11.1 Å². The second kappa shape index (κ2) is 4.55. The molecular formula is C13H12ClNO3. The largest absolute Gasteiger partial charge is 0.486 e. The summed E-state index contributed by atoms with van der Waals surface area (Å²) in [6, 6.07) is 5.05. The van der Waals surface area contributed by atoms with E-state index in [-0.39, 0.29) is 6.04 Å². The van der Waals surface area contributed by atoms with Crippen LogP contribution in [0.1, 0.15) is 17.2 Å². The van der Waals surface area contributed by atoms with Gasteiger partial charge in [-0.2, -0.15) is 0 Å². The number of benzene rings is 1. The molecule has 2 N–H and O–H groups in total. The summed E-state index contributed by atoms with van der Waals surface area (Å²) in [6.45, 7) is 1.07. The Morgan fingerprint density at radius 3 is 2.56 bits per heavy atom. The predicted molar refractivity (Wildman–Crippen MR) is 67.2 cm³/mol. The molecule has 3 rings (SSSR count). The van der Waals surface area contributed by atoms with E-state index in [1.165, 1.54) is 0 Å². The Labute approximate surface area is 109 Å². The van der Waals surface area contributed by atoms with E-state index in [9.17, 15) is 0 Å². The van der Waals surface area contributed by atoms with E-state index >= 15 is 0 Å². The molecule has 1 aliphatic heterocycles. The number of hydrogen-bond acceptors (Lipinski definition) is 4. The normalized spacial score (nSPS) is 15.4. The minimum absolute atomic E-state index is 0.341. The lowest BCUT2D eigenvalue weighted by Crippen LogP contribution is -2.17. The fourth-order valence-electron chi connectivity index (χ4n) is 1.95. The molecule has 0 saturated carbocycles. The van der Waals surface area contributed by atoms with Crippen molar-refractivity contribution in [3.63, 3.8) is 0 Å².